The number of rotatable bonds is 9. The van der Waals surface area contributed by atoms with Crippen LogP contribution in [0.15, 0.2) is 59.4 Å². The molecular weight excluding hydrogens is 458 g/mol. The predicted octanol–water partition coefficient (Wildman–Crippen LogP) is 2.10. The van der Waals surface area contributed by atoms with Crippen molar-refractivity contribution in [1.29, 1.82) is 0 Å². The number of para-hydroxylation sites is 1. The van der Waals surface area contributed by atoms with Gasteiger partial charge in [0.1, 0.15) is 12.1 Å². The van der Waals surface area contributed by atoms with E-state index in [1.54, 1.807) is 11.7 Å². The lowest BCUT2D eigenvalue weighted by Crippen LogP contribution is -2.45. The third kappa shape index (κ3) is 5.34. The molecule has 0 amide bonds. The molecule has 10 heteroatoms. The number of nitrogen functional groups attached to an aromatic ring is 1. The summed E-state index contributed by atoms with van der Waals surface area (Å²) in [5.41, 5.74) is 10.1. The number of aromatic nitrogens is 4. The van der Waals surface area contributed by atoms with Crippen molar-refractivity contribution in [1.82, 2.24) is 24.4 Å². The fraction of sp³-hybridized carbons (Fsp3) is 0.346. The van der Waals surface area contributed by atoms with Gasteiger partial charge < -0.3 is 25.1 Å². The molecule has 10 nitrogen and oxygen atoms in total. The summed E-state index contributed by atoms with van der Waals surface area (Å²) in [5, 5.41) is 0. The average molecular weight is 490 g/mol. The molecule has 3 heterocycles. The van der Waals surface area contributed by atoms with Crippen molar-refractivity contribution in [3.8, 4) is 6.01 Å². The number of ether oxygens (including phenoxy) is 2. The Morgan fingerprint density at radius 1 is 0.917 bits per heavy atom. The number of anilines is 2. The van der Waals surface area contributed by atoms with Crippen LogP contribution in [0.2, 0.25) is 0 Å². The first-order valence-corrected chi connectivity index (χ1v) is 12.1. The second-order valence-electron chi connectivity index (χ2n) is 8.86. The first-order chi connectivity index (χ1) is 17.6. The minimum Gasteiger partial charge on any atom is -0.461 e. The molecule has 2 aromatic heterocycles. The van der Waals surface area contributed by atoms with Gasteiger partial charge in [-0.15, -0.1) is 0 Å². The maximum absolute atomic E-state index is 12.6. The Bertz CT molecular complexity index is 1340. The first kappa shape index (κ1) is 23.8. The molecule has 2 aromatic carbocycles. The summed E-state index contributed by atoms with van der Waals surface area (Å²) in [4.78, 5) is 28.8. The zero-order valence-electron chi connectivity index (χ0n) is 20.4. The molecule has 4 aromatic rings. The van der Waals surface area contributed by atoms with Gasteiger partial charge in [-0.25, -0.2) is 4.79 Å². The third-order valence-electron chi connectivity index (χ3n) is 6.41. The summed E-state index contributed by atoms with van der Waals surface area (Å²) in [6.07, 6.45) is 0. The lowest BCUT2D eigenvalue weighted by Gasteiger charge is -2.36. The van der Waals surface area contributed by atoms with Crippen molar-refractivity contribution < 1.29 is 9.47 Å². The number of nitrogens with one attached hydrogen (secondary N) is 1. The van der Waals surface area contributed by atoms with Crippen molar-refractivity contribution in [3.63, 3.8) is 0 Å². The smallest absolute Gasteiger partial charge is 0.328 e. The van der Waals surface area contributed by atoms with Crippen LogP contribution < -0.4 is 21.1 Å². The number of aromatic amines is 1. The molecule has 0 atom stereocenters. The lowest BCUT2D eigenvalue weighted by atomic mass is 10.1. The number of nitrogens with zero attached hydrogens (tertiary/aromatic N) is 5. The van der Waals surface area contributed by atoms with E-state index in [1.165, 1.54) is 11.3 Å². The Balaban J connectivity index is 1.23. The van der Waals surface area contributed by atoms with Crippen molar-refractivity contribution in [2.45, 2.75) is 13.1 Å². The second kappa shape index (κ2) is 10.8. The molecule has 36 heavy (non-hydrogen) atoms. The second-order valence-corrected chi connectivity index (χ2v) is 8.86. The topological polar surface area (TPSA) is 115 Å². The molecule has 1 aliphatic heterocycles. The van der Waals surface area contributed by atoms with E-state index in [2.05, 4.69) is 79.3 Å². The number of piperazine rings is 1. The highest BCUT2D eigenvalue weighted by Gasteiger charge is 2.18. The monoisotopic (exact) mass is 489 g/mol. The zero-order chi connectivity index (χ0) is 24.9. The largest absolute Gasteiger partial charge is 0.461 e. The van der Waals surface area contributed by atoms with Crippen molar-refractivity contribution in [2.75, 3.05) is 57.1 Å². The molecule has 0 bridgehead atoms. The van der Waals surface area contributed by atoms with E-state index in [-0.39, 0.29) is 17.5 Å². The van der Waals surface area contributed by atoms with E-state index in [1.807, 2.05) is 0 Å². The van der Waals surface area contributed by atoms with Crippen LogP contribution in [0, 0.1) is 0 Å². The molecule has 1 saturated heterocycles. The SMILES string of the molecule is COCCOc1nc(N)c2[nH]c(=O)n(Cc3ccc(CN4CCN(c5ccccc5)CC4)cc3)c2n1. The van der Waals surface area contributed by atoms with Crippen molar-refractivity contribution in [3.05, 3.63) is 76.2 Å². The molecule has 0 aliphatic carbocycles. The Labute approximate surface area is 209 Å². The number of fused-ring (bicyclic) bond motifs is 1. The molecule has 0 unspecified atom stereocenters. The van der Waals surface area contributed by atoms with Crippen LogP contribution >= 0.6 is 0 Å². The molecule has 0 radical (unpaired) electrons. The average Bonchev–Trinajstić information content (AvgIpc) is 3.22. The molecular formula is C26H31N7O3. The van der Waals surface area contributed by atoms with Crippen molar-refractivity contribution in [2.24, 2.45) is 0 Å². The van der Waals surface area contributed by atoms with Gasteiger partial charge in [-0.3, -0.25) is 9.47 Å². The Morgan fingerprint density at radius 2 is 1.61 bits per heavy atom. The van der Waals surface area contributed by atoms with Crippen LogP contribution in [-0.2, 0) is 17.8 Å². The van der Waals surface area contributed by atoms with E-state index < -0.39 is 0 Å². The number of imidazole rings is 1. The summed E-state index contributed by atoms with van der Waals surface area (Å²) < 4.78 is 12.0. The van der Waals surface area contributed by atoms with E-state index in [0.29, 0.717) is 30.9 Å². The van der Waals surface area contributed by atoms with Gasteiger partial charge in [0.15, 0.2) is 11.5 Å². The van der Waals surface area contributed by atoms with Gasteiger partial charge in [0.25, 0.3) is 0 Å². The van der Waals surface area contributed by atoms with Gasteiger partial charge >= 0.3 is 11.7 Å². The van der Waals surface area contributed by atoms with Gasteiger partial charge in [-0.1, -0.05) is 42.5 Å². The van der Waals surface area contributed by atoms with E-state index >= 15 is 0 Å². The normalized spacial score (nSPS) is 14.4. The van der Waals surface area contributed by atoms with Crippen LogP contribution in [0.25, 0.3) is 11.2 Å². The van der Waals surface area contributed by atoms with Gasteiger partial charge in [0.2, 0.25) is 0 Å². The Kier molecular flexibility index (Phi) is 7.15. The third-order valence-corrected chi connectivity index (χ3v) is 6.41. The van der Waals surface area contributed by atoms with Gasteiger partial charge in [-0.2, -0.15) is 9.97 Å². The van der Waals surface area contributed by atoms with Crippen LogP contribution in [-0.4, -0.2) is 70.9 Å². The van der Waals surface area contributed by atoms with Crippen LogP contribution in [0.3, 0.4) is 0 Å². The number of methoxy groups -OCH3 is 1. The number of hydrogen-bond acceptors (Lipinski definition) is 8. The fourth-order valence-corrected chi connectivity index (χ4v) is 4.45. The van der Waals surface area contributed by atoms with Crippen LogP contribution in [0.5, 0.6) is 6.01 Å². The molecule has 188 valence electrons. The highest BCUT2D eigenvalue weighted by molar-refractivity contribution is 5.81. The number of hydrogen-bond donors (Lipinski definition) is 2. The summed E-state index contributed by atoms with van der Waals surface area (Å²) in [5.74, 6) is 0.172. The highest BCUT2D eigenvalue weighted by Crippen LogP contribution is 2.20. The van der Waals surface area contributed by atoms with E-state index in [0.717, 1.165) is 38.3 Å². The lowest BCUT2D eigenvalue weighted by molar-refractivity contribution is 0.141. The maximum atomic E-state index is 12.6. The quantitative estimate of drug-likeness (QED) is 0.344. The number of benzene rings is 2. The predicted molar refractivity (Wildman–Crippen MR) is 139 cm³/mol. The molecule has 3 N–H and O–H groups in total. The minimum atomic E-state index is -0.291. The molecule has 1 fully saturated rings. The molecule has 0 spiro atoms. The standard InChI is InChI=1S/C26H31N7O3/c1-35-15-16-36-25-29-23(27)22-24(30-25)33(26(34)28-22)18-20-9-7-19(8-10-20)17-31-11-13-32(14-12-31)21-5-3-2-4-6-21/h2-10H,11-18H2,1H3,(H,28,34)(H2,27,29,30). The minimum absolute atomic E-state index is 0.118. The van der Waals surface area contributed by atoms with Crippen molar-refractivity contribution >= 4 is 22.7 Å². The highest BCUT2D eigenvalue weighted by atomic mass is 16.5. The Hall–Kier alpha value is -3.89. The van der Waals surface area contributed by atoms with Gasteiger partial charge in [-0.05, 0) is 23.3 Å². The fourth-order valence-electron chi connectivity index (χ4n) is 4.45. The summed E-state index contributed by atoms with van der Waals surface area (Å²) in [7, 11) is 1.59. The summed E-state index contributed by atoms with van der Waals surface area (Å²) >= 11 is 0. The number of H-pyrrole nitrogens is 1. The zero-order valence-corrected chi connectivity index (χ0v) is 20.4. The number of nitrogens with two attached hydrogens (primary N) is 1. The van der Waals surface area contributed by atoms with Crippen LogP contribution in [0.1, 0.15) is 11.1 Å². The molecule has 1 aliphatic rings. The summed E-state index contributed by atoms with van der Waals surface area (Å²) in [6, 6.07) is 19.1. The van der Waals surface area contributed by atoms with E-state index in [9.17, 15) is 4.79 Å². The summed E-state index contributed by atoms with van der Waals surface area (Å²) in [6.45, 7) is 6.05. The first-order valence-electron chi connectivity index (χ1n) is 12.1. The molecule has 0 saturated carbocycles. The Morgan fingerprint density at radius 3 is 2.31 bits per heavy atom. The van der Waals surface area contributed by atoms with E-state index in [4.69, 9.17) is 15.2 Å². The molecule has 5 rings (SSSR count). The van der Waals surface area contributed by atoms with Crippen LogP contribution in [0.4, 0.5) is 11.5 Å². The van der Waals surface area contributed by atoms with Gasteiger partial charge in [0.05, 0.1) is 13.2 Å². The van der Waals surface area contributed by atoms with Gasteiger partial charge in [0, 0.05) is 45.5 Å². The maximum Gasteiger partial charge on any atom is 0.328 e.